The Bertz CT molecular complexity index is 947. The summed E-state index contributed by atoms with van der Waals surface area (Å²) >= 11 is 0. The third-order valence-corrected chi connectivity index (χ3v) is 4.32. The topological polar surface area (TPSA) is 251 Å². The number of nitrogens with two attached hydrogens (primary N) is 1. The molecule has 1 saturated heterocycles. The number of anilines is 1. The van der Waals surface area contributed by atoms with Crippen LogP contribution in [0.5, 0.6) is 0 Å². The number of hydrogen-bond acceptors (Lipinski definition) is 11. The molecule has 2 aromatic heterocycles. The number of carboxylic acids is 3. The maximum absolute atomic E-state index is 10.3. The van der Waals surface area contributed by atoms with Crippen LogP contribution < -0.4 is 5.73 Å². The molecule has 170 valence electrons. The van der Waals surface area contributed by atoms with Crippen LogP contribution in [0.2, 0.25) is 0 Å². The second kappa shape index (κ2) is 9.61. The number of aliphatic hydroxyl groups is 3. The number of carboxylic acid groups (broad SMARTS) is 3. The molecule has 0 saturated carbocycles. The summed E-state index contributed by atoms with van der Waals surface area (Å²) in [5.74, 6) is -4.74. The van der Waals surface area contributed by atoms with Crippen LogP contribution in [0.4, 0.5) is 5.82 Å². The molecule has 15 nitrogen and oxygen atoms in total. The number of carbonyl (C=O) groups is 3. The zero-order chi connectivity index (χ0) is 23.3. The zero-order valence-corrected chi connectivity index (χ0v) is 15.9. The van der Waals surface area contributed by atoms with Crippen LogP contribution in [0.3, 0.4) is 0 Å². The maximum atomic E-state index is 10.3. The molecule has 2 aromatic rings. The van der Waals surface area contributed by atoms with Gasteiger partial charge in [0.1, 0.15) is 17.9 Å². The Labute approximate surface area is 173 Å². The van der Waals surface area contributed by atoms with E-state index in [1.54, 1.807) is 4.57 Å². The lowest BCUT2D eigenvalue weighted by Crippen LogP contribution is -2.42. The average molecular weight is 443 g/mol. The van der Waals surface area contributed by atoms with Crippen LogP contribution in [0, 0.1) is 0 Å². The highest BCUT2D eigenvalue weighted by Crippen LogP contribution is 2.31. The predicted molar refractivity (Wildman–Crippen MR) is 98.4 cm³/mol. The number of rotatable bonds is 7. The van der Waals surface area contributed by atoms with Gasteiger partial charge in [-0.2, -0.15) is 0 Å². The van der Waals surface area contributed by atoms with Gasteiger partial charge in [0.2, 0.25) is 0 Å². The van der Waals surface area contributed by atoms with Gasteiger partial charge in [-0.3, -0.25) is 14.2 Å². The fraction of sp³-hybridized carbons (Fsp3) is 0.500. The van der Waals surface area contributed by atoms with Gasteiger partial charge in [-0.25, -0.2) is 19.7 Å². The Morgan fingerprint density at radius 2 is 1.77 bits per heavy atom. The molecule has 0 amide bonds. The monoisotopic (exact) mass is 443 g/mol. The summed E-state index contributed by atoms with van der Waals surface area (Å²) in [6.07, 6.45) is -0.770. The minimum absolute atomic E-state index is 0.128. The van der Waals surface area contributed by atoms with Crippen LogP contribution in [-0.2, 0) is 19.1 Å². The lowest BCUT2D eigenvalue weighted by Gasteiger charge is -2.18. The van der Waals surface area contributed by atoms with Crippen LogP contribution in [0.1, 0.15) is 25.5 Å². The Hall–Kier alpha value is -3.40. The van der Waals surface area contributed by atoms with E-state index >= 15 is 0 Å². The molecule has 1 aliphatic rings. The van der Waals surface area contributed by atoms with E-state index in [4.69, 9.17) is 36.0 Å². The summed E-state index contributed by atoms with van der Waals surface area (Å²) in [6.45, 7) is -0.128. The third-order valence-electron chi connectivity index (χ3n) is 4.32. The van der Waals surface area contributed by atoms with Gasteiger partial charge in [0.25, 0.3) is 0 Å². The highest BCUT2D eigenvalue weighted by molar-refractivity contribution is 5.88. The molecule has 1 aliphatic heterocycles. The third kappa shape index (κ3) is 5.60. The lowest BCUT2D eigenvalue weighted by atomic mass is 9.96. The van der Waals surface area contributed by atoms with Gasteiger partial charge < -0.3 is 41.1 Å². The van der Waals surface area contributed by atoms with Gasteiger partial charge in [-0.15, -0.1) is 0 Å². The van der Waals surface area contributed by atoms with Crippen molar-refractivity contribution < 1.29 is 49.8 Å². The summed E-state index contributed by atoms with van der Waals surface area (Å²) in [5, 5.41) is 52.8. The summed E-state index contributed by atoms with van der Waals surface area (Å²) in [5.41, 5.74) is 3.93. The molecule has 8 N–H and O–H groups in total. The molecule has 31 heavy (non-hydrogen) atoms. The number of aliphatic hydroxyl groups excluding tert-OH is 2. The second-order valence-corrected chi connectivity index (χ2v) is 6.70. The highest BCUT2D eigenvalue weighted by atomic mass is 16.5. The molecule has 0 bridgehead atoms. The summed E-state index contributed by atoms with van der Waals surface area (Å²) in [6, 6.07) is 0. The molecule has 0 aromatic carbocycles. The number of ether oxygens (including phenoxy) is 1. The van der Waals surface area contributed by atoms with E-state index in [2.05, 4.69) is 15.0 Å². The normalized spacial score (nSPS) is 20.8. The van der Waals surface area contributed by atoms with Crippen molar-refractivity contribution in [2.45, 2.75) is 43.3 Å². The van der Waals surface area contributed by atoms with Gasteiger partial charge in [-0.1, -0.05) is 0 Å². The smallest absolute Gasteiger partial charge is 0.336 e. The first-order valence-electron chi connectivity index (χ1n) is 8.75. The maximum Gasteiger partial charge on any atom is 0.336 e. The lowest BCUT2D eigenvalue weighted by molar-refractivity contribution is -0.170. The van der Waals surface area contributed by atoms with Crippen molar-refractivity contribution in [3.05, 3.63) is 12.7 Å². The van der Waals surface area contributed by atoms with Crippen molar-refractivity contribution >= 4 is 34.9 Å². The van der Waals surface area contributed by atoms with Crippen LogP contribution in [0.15, 0.2) is 12.7 Å². The number of aliphatic carboxylic acids is 3. The van der Waals surface area contributed by atoms with E-state index < -0.39 is 48.7 Å². The first-order valence-corrected chi connectivity index (χ1v) is 8.75. The molecular formula is C16H21N5O10. The predicted octanol–water partition coefficient (Wildman–Crippen LogP) is -2.20. The number of hydrogen-bond donors (Lipinski definition) is 7. The van der Waals surface area contributed by atoms with Gasteiger partial charge >= 0.3 is 17.9 Å². The van der Waals surface area contributed by atoms with Crippen LogP contribution in [0.25, 0.3) is 11.2 Å². The van der Waals surface area contributed by atoms with E-state index in [1.807, 2.05) is 0 Å². The molecule has 3 heterocycles. The zero-order valence-electron chi connectivity index (χ0n) is 15.9. The van der Waals surface area contributed by atoms with Crippen molar-refractivity contribution in [1.29, 1.82) is 0 Å². The summed E-state index contributed by atoms with van der Waals surface area (Å²) in [7, 11) is 0. The standard InChI is InChI=1S/C10H13N5O3.C6H8O7/c11-8-7-9(13-3-12-8)15(4-14-7)10-6(17)1-5(2-16)18-10;7-3(8)1-6(13,5(11)12)2-4(9)10/h3-6,10,16-17H,1-2H2,(H2,11,12,13);13H,1-2H2,(H,7,8)(H,9,10)(H,11,12)/t5-,6+,10+;/m0./s1. The number of fused-ring (bicyclic) bond motifs is 1. The first kappa shape index (κ1) is 23.9. The fourth-order valence-corrected chi connectivity index (χ4v) is 2.87. The summed E-state index contributed by atoms with van der Waals surface area (Å²) in [4.78, 5) is 42.5. The Balaban J connectivity index is 0.000000235. The highest BCUT2D eigenvalue weighted by Gasteiger charge is 2.40. The molecular weight excluding hydrogens is 422 g/mol. The first-order chi connectivity index (χ1) is 14.5. The van der Waals surface area contributed by atoms with E-state index in [-0.39, 0.29) is 18.5 Å². The quantitative estimate of drug-likeness (QED) is 0.240. The van der Waals surface area contributed by atoms with E-state index in [0.717, 1.165) is 0 Å². The van der Waals surface area contributed by atoms with Crippen molar-refractivity contribution in [3.8, 4) is 0 Å². The van der Waals surface area contributed by atoms with Crippen LogP contribution >= 0.6 is 0 Å². The van der Waals surface area contributed by atoms with E-state index in [9.17, 15) is 19.5 Å². The van der Waals surface area contributed by atoms with Crippen molar-refractivity contribution in [1.82, 2.24) is 19.5 Å². The summed E-state index contributed by atoms with van der Waals surface area (Å²) < 4.78 is 7.14. The van der Waals surface area contributed by atoms with Gasteiger partial charge in [0, 0.05) is 6.42 Å². The van der Waals surface area contributed by atoms with E-state index in [0.29, 0.717) is 17.6 Å². The Morgan fingerprint density at radius 3 is 2.26 bits per heavy atom. The number of aromatic nitrogens is 4. The second-order valence-electron chi connectivity index (χ2n) is 6.70. The van der Waals surface area contributed by atoms with E-state index in [1.165, 1.54) is 12.7 Å². The minimum atomic E-state index is -2.74. The Kier molecular flexibility index (Phi) is 7.40. The Morgan fingerprint density at radius 1 is 1.16 bits per heavy atom. The van der Waals surface area contributed by atoms with Gasteiger partial charge in [-0.05, 0) is 0 Å². The largest absolute Gasteiger partial charge is 0.481 e. The fourth-order valence-electron chi connectivity index (χ4n) is 2.87. The number of nitrogen functional groups attached to an aromatic ring is 1. The molecule has 3 rings (SSSR count). The molecule has 0 radical (unpaired) electrons. The van der Waals surface area contributed by atoms with Crippen LogP contribution in [-0.4, -0.2) is 92.5 Å². The van der Waals surface area contributed by atoms with Crippen molar-refractivity contribution in [2.75, 3.05) is 12.3 Å². The molecule has 1 fully saturated rings. The molecule has 0 spiro atoms. The molecule has 3 atom stereocenters. The molecule has 0 unspecified atom stereocenters. The SMILES string of the molecule is Nc1ncnc2c1ncn2[C@@H]1O[C@H](CO)C[C@H]1O.O=C(O)CC(O)(CC(=O)O)C(=O)O. The molecule has 15 heteroatoms. The number of imidazole rings is 1. The average Bonchev–Trinajstić information content (AvgIpc) is 3.24. The van der Waals surface area contributed by atoms with Crippen molar-refractivity contribution in [3.63, 3.8) is 0 Å². The molecule has 0 aliphatic carbocycles. The number of nitrogens with zero attached hydrogens (tertiary/aromatic N) is 4. The van der Waals surface area contributed by atoms with Gasteiger partial charge in [0.05, 0.1) is 31.9 Å². The van der Waals surface area contributed by atoms with Crippen molar-refractivity contribution in [2.24, 2.45) is 0 Å². The minimum Gasteiger partial charge on any atom is -0.481 e. The van der Waals surface area contributed by atoms with Gasteiger partial charge in [0.15, 0.2) is 23.3 Å².